The molecule has 0 saturated heterocycles. The lowest BCUT2D eigenvalue weighted by molar-refractivity contribution is -0.387. The monoisotopic (exact) mass is 397 g/mol. The fraction of sp³-hybridized carbons (Fsp3) is 0.211. The maximum Gasteiger partial charge on any atom is 0.284 e. The molecule has 8 nitrogen and oxygen atoms in total. The van der Waals surface area contributed by atoms with Gasteiger partial charge in [-0.1, -0.05) is 17.7 Å². The highest BCUT2D eigenvalue weighted by Gasteiger charge is 2.20. The molecule has 0 fully saturated rings. The molecule has 144 valence electrons. The van der Waals surface area contributed by atoms with Crippen LogP contribution in [0, 0.1) is 30.9 Å². The van der Waals surface area contributed by atoms with Crippen LogP contribution in [0.3, 0.4) is 0 Å². The van der Waals surface area contributed by atoms with Crippen molar-refractivity contribution in [3.8, 4) is 0 Å². The third-order valence-corrected chi connectivity index (χ3v) is 5.32. The normalized spacial score (nSPS) is 10.7. The van der Waals surface area contributed by atoms with E-state index in [1.807, 2.05) is 32.9 Å². The summed E-state index contributed by atoms with van der Waals surface area (Å²) in [6, 6.07) is 8.37. The zero-order valence-corrected chi connectivity index (χ0v) is 16.7. The van der Waals surface area contributed by atoms with Gasteiger partial charge in [0.25, 0.3) is 11.6 Å². The first-order chi connectivity index (χ1) is 13.3. The van der Waals surface area contributed by atoms with Crippen LogP contribution in [0.2, 0.25) is 0 Å². The molecule has 3 rings (SSSR count). The average Bonchev–Trinajstić information content (AvgIpc) is 3.02. The zero-order valence-electron chi connectivity index (χ0n) is 15.9. The lowest BCUT2D eigenvalue weighted by atomic mass is 10.0. The number of nitro groups is 1. The number of nitrogens with one attached hydrogen (secondary N) is 1. The Balaban J connectivity index is 1.90. The van der Waals surface area contributed by atoms with E-state index in [1.54, 1.807) is 23.7 Å². The number of aromatic nitrogens is 3. The first-order valence-corrected chi connectivity index (χ1v) is 9.27. The number of hydrogen-bond donors (Lipinski definition) is 1. The summed E-state index contributed by atoms with van der Waals surface area (Å²) in [5.41, 5.74) is 3.76. The molecule has 0 unspecified atom stereocenters. The van der Waals surface area contributed by atoms with E-state index in [4.69, 9.17) is 0 Å². The van der Waals surface area contributed by atoms with Crippen molar-refractivity contribution < 1.29 is 9.72 Å². The van der Waals surface area contributed by atoms with Crippen molar-refractivity contribution in [2.75, 3.05) is 5.32 Å². The summed E-state index contributed by atoms with van der Waals surface area (Å²) >= 11 is 1.12. The third kappa shape index (κ3) is 4.04. The highest BCUT2D eigenvalue weighted by Crippen LogP contribution is 2.34. The Morgan fingerprint density at radius 1 is 1.18 bits per heavy atom. The molecule has 0 bridgehead atoms. The molecule has 9 heteroatoms. The first-order valence-electron chi connectivity index (χ1n) is 8.45. The number of rotatable bonds is 5. The predicted molar refractivity (Wildman–Crippen MR) is 107 cm³/mol. The van der Waals surface area contributed by atoms with Crippen LogP contribution in [-0.4, -0.2) is 25.6 Å². The van der Waals surface area contributed by atoms with E-state index in [9.17, 15) is 14.9 Å². The minimum absolute atomic E-state index is 0.155. The molecule has 0 aliphatic carbocycles. The van der Waals surface area contributed by atoms with Gasteiger partial charge in [0.1, 0.15) is 6.33 Å². The number of nitrogens with zero attached hydrogens (tertiary/aromatic N) is 4. The molecular weight excluding hydrogens is 378 g/mol. The van der Waals surface area contributed by atoms with Crippen LogP contribution >= 0.6 is 11.8 Å². The van der Waals surface area contributed by atoms with E-state index in [2.05, 4.69) is 15.5 Å². The van der Waals surface area contributed by atoms with E-state index < -0.39 is 10.8 Å². The third-order valence-electron chi connectivity index (χ3n) is 4.20. The number of carbonyl (C=O) groups is 1. The Hall–Kier alpha value is -3.20. The lowest BCUT2D eigenvalue weighted by Crippen LogP contribution is -2.14. The second kappa shape index (κ2) is 7.81. The molecule has 0 aliphatic heterocycles. The summed E-state index contributed by atoms with van der Waals surface area (Å²) in [7, 11) is 1.75. The number of carbonyl (C=O) groups excluding carboxylic acids is 1. The summed E-state index contributed by atoms with van der Waals surface area (Å²) in [4.78, 5) is 24.1. The van der Waals surface area contributed by atoms with E-state index in [0.717, 1.165) is 34.1 Å². The molecule has 1 aromatic heterocycles. The molecule has 1 heterocycles. The SMILES string of the molecule is Cc1cc(C)c(NC(=O)c2ccc(Sc3nncn3C)c([N+](=O)[O-])c2)c(C)c1. The van der Waals surface area contributed by atoms with Gasteiger partial charge in [-0.2, -0.15) is 0 Å². The molecule has 3 aromatic rings. The number of amides is 1. The van der Waals surface area contributed by atoms with Crippen molar-refractivity contribution in [3.63, 3.8) is 0 Å². The van der Waals surface area contributed by atoms with Crippen LogP contribution in [0.25, 0.3) is 0 Å². The minimum Gasteiger partial charge on any atom is -0.321 e. The lowest BCUT2D eigenvalue weighted by Gasteiger charge is -2.13. The maximum atomic E-state index is 12.7. The second-order valence-corrected chi connectivity index (χ2v) is 7.50. The number of benzene rings is 2. The van der Waals surface area contributed by atoms with Gasteiger partial charge in [0.2, 0.25) is 0 Å². The second-order valence-electron chi connectivity index (χ2n) is 6.49. The highest BCUT2D eigenvalue weighted by molar-refractivity contribution is 7.99. The summed E-state index contributed by atoms with van der Waals surface area (Å²) in [6.45, 7) is 5.82. The molecule has 1 amide bonds. The van der Waals surface area contributed by atoms with Crippen molar-refractivity contribution in [1.29, 1.82) is 0 Å². The van der Waals surface area contributed by atoms with Crippen molar-refractivity contribution in [3.05, 3.63) is 69.0 Å². The van der Waals surface area contributed by atoms with Crippen molar-refractivity contribution in [2.24, 2.45) is 7.05 Å². The minimum atomic E-state index is -0.502. The Morgan fingerprint density at radius 3 is 2.43 bits per heavy atom. The molecular formula is C19H19N5O3S. The van der Waals surface area contributed by atoms with Gasteiger partial charge in [-0.15, -0.1) is 10.2 Å². The highest BCUT2D eigenvalue weighted by atomic mass is 32.2. The van der Waals surface area contributed by atoms with Gasteiger partial charge < -0.3 is 9.88 Å². The Morgan fingerprint density at radius 2 is 1.86 bits per heavy atom. The topological polar surface area (TPSA) is 103 Å². The van der Waals surface area contributed by atoms with Gasteiger partial charge in [0, 0.05) is 24.4 Å². The molecule has 2 aromatic carbocycles. The van der Waals surface area contributed by atoms with Crippen LogP contribution in [0.1, 0.15) is 27.0 Å². The fourth-order valence-corrected chi connectivity index (χ4v) is 3.76. The molecule has 0 radical (unpaired) electrons. The van der Waals surface area contributed by atoms with Crippen molar-refractivity contribution in [2.45, 2.75) is 30.8 Å². The van der Waals surface area contributed by atoms with Gasteiger partial charge in [0.15, 0.2) is 5.16 Å². The number of aryl methyl sites for hydroxylation is 4. The molecule has 0 saturated carbocycles. The smallest absolute Gasteiger partial charge is 0.284 e. The fourth-order valence-electron chi connectivity index (χ4n) is 2.91. The van der Waals surface area contributed by atoms with Gasteiger partial charge in [0.05, 0.1) is 9.82 Å². The zero-order chi connectivity index (χ0) is 20.4. The molecule has 1 N–H and O–H groups in total. The number of nitro benzene ring substituents is 1. The molecule has 0 atom stereocenters. The summed E-state index contributed by atoms with van der Waals surface area (Å²) in [5, 5.41) is 22.6. The van der Waals surface area contributed by atoms with E-state index in [-0.39, 0.29) is 11.3 Å². The van der Waals surface area contributed by atoms with Crippen LogP contribution in [0.4, 0.5) is 11.4 Å². The van der Waals surface area contributed by atoms with E-state index >= 15 is 0 Å². The Bertz CT molecular complexity index is 1050. The summed E-state index contributed by atoms with van der Waals surface area (Å²) in [6.07, 6.45) is 1.52. The van der Waals surface area contributed by atoms with Crippen molar-refractivity contribution in [1.82, 2.24) is 14.8 Å². The van der Waals surface area contributed by atoms with Crippen molar-refractivity contribution >= 4 is 29.0 Å². The van der Waals surface area contributed by atoms with E-state index in [0.29, 0.717) is 10.1 Å². The molecule has 0 spiro atoms. The van der Waals surface area contributed by atoms with Crippen LogP contribution in [0.5, 0.6) is 0 Å². The average molecular weight is 397 g/mol. The van der Waals surface area contributed by atoms with Gasteiger partial charge in [-0.05, 0) is 55.8 Å². The van der Waals surface area contributed by atoms with Gasteiger partial charge in [-0.25, -0.2) is 0 Å². The van der Waals surface area contributed by atoms with Gasteiger partial charge >= 0.3 is 0 Å². The maximum absolute atomic E-state index is 12.7. The first kappa shape index (κ1) is 19.6. The van der Waals surface area contributed by atoms with Crippen LogP contribution in [0.15, 0.2) is 46.7 Å². The largest absolute Gasteiger partial charge is 0.321 e. The van der Waals surface area contributed by atoms with E-state index in [1.165, 1.54) is 12.4 Å². The summed E-state index contributed by atoms with van der Waals surface area (Å²) < 4.78 is 1.66. The number of anilines is 1. The standard InChI is InChI=1S/C19H19N5O3S/c1-11-7-12(2)17(13(3)8-11)21-18(25)14-5-6-16(15(9-14)24(26)27)28-19-22-20-10-23(19)4/h5-10H,1-4H3,(H,21,25). The summed E-state index contributed by atoms with van der Waals surface area (Å²) in [5.74, 6) is -0.395. The number of hydrogen-bond acceptors (Lipinski definition) is 6. The molecule has 0 aliphatic rings. The van der Waals surface area contributed by atoms with Crippen LogP contribution < -0.4 is 5.32 Å². The van der Waals surface area contributed by atoms with Crippen LogP contribution in [-0.2, 0) is 7.05 Å². The predicted octanol–water partition coefficient (Wildman–Crippen LogP) is 4.05. The molecule has 28 heavy (non-hydrogen) atoms. The Kier molecular flexibility index (Phi) is 5.46. The quantitative estimate of drug-likeness (QED) is 0.514. The Labute approximate surface area is 166 Å². The van der Waals surface area contributed by atoms with Gasteiger partial charge in [-0.3, -0.25) is 14.9 Å².